The number of fused-ring (bicyclic) bond motifs is 4. The van der Waals surface area contributed by atoms with E-state index in [9.17, 15) is 0 Å². The van der Waals surface area contributed by atoms with Gasteiger partial charge in [0.1, 0.15) is 5.75 Å². The van der Waals surface area contributed by atoms with E-state index in [0.29, 0.717) is 5.02 Å². The van der Waals surface area contributed by atoms with Gasteiger partial charge in [-0.25, -0.2) is 5.01 Å². The average Bonchev–Trinajstić information content (AvgIpc) is 3.25. The van der Waals surface area contributed by atoms with Gasteiger partial charge in [0.15, 0.2) is 0 Å². The molecule has 6 rings (SSSR count). The largest absolute Gasteiger partial charge is 0.463 e. The van der Waals surface area contributed by atoms with Gasteiger partial charge >= 0.3 is 0 Å². The molecule has 2 aliphatic heterocycles. The second-order valence-electron chi connectivity index (χ2n) is 8.01. The van der Waals surface area contributed by atoms with Crippen LogP contribution in [0.5, 0.6) is 5.75 Å². The fourth-order valence-corrected chi connectivity index (χ4v) is 6.12. The van der Waals surface area contributed by atoms with E-state index in [4.69, 9.17) is 21.4 Å². The molecule has 0 saturated heterocycles. The molecular weight excluding hydrogens is 552 g/mol. The molecule has 2 atom stereocenters. The maximum absolute atomic E-state index is 6.58. The van der Waals surface area contributed by atoms with E-state index >= 15 is 0 Å². The van der Waals surface area contributed by atoms with E-state index in [1.54, 1.807) is 0 Å². The topological polar surface area (TPSA) is 24.8 Å². The van der Waals surface area contributed by atoms with Gasteiger partial charge < -0.3 is 4.74 Å². The van der Waals surface area contributed by atoms with Gasteiger partial charge in [-0.2, -0.15) is 5.10 Å². The summed E-state index contributed by atoms with van der Waals surface area (Å²) in [7, 11) is 0. The highest BCUT2D eigenvalue weighted by Gasteiger charge is 2.42. The number of hydrogen-bond donors (Lipinski definition) is 0. The molecule has 6 heteroatoms. The third-order valence-electron chi connectivity index (χ3n) is 6.06. The van der Waals surface area contributed by atoms with Crippen molar-refractivity contribution in [2.45, 2.75) is 18.7 Å². The van der Waals surface area contributed by atoms with Crippen molar-refractivity contribution in [3.63, 3.8) is 0 Å². The quantitative estimate of drug-likeness (QED) is 0.243. The predicted molar refractivity (Wildman–Crippen MR) is 136 cm³/mol. The Morgan fingerprint density at radius 3 is 2.50 bits per heavy atom. The van der Waals surface area contributed by atoms with Gasteiger partial charge in [0, 0.05) is 27.0 Å². The molecule has 0 aromatic heterocycles. The maximum Gasteiger partial charge on any atom is 0.215 e. The fraction of sp³-hybridized carbons (Fsp3) is 0.115. The monoisotopic (exact) mass is 566 g/mol. The van der Waals surface area contributed by atoms with Gasteiger partial charge in [-0.15, -0.1) is 0 Å². The summed E-state index contributed by atoms with van der Waals surface area (Å²) in [6.45, 7) is 0. The van der Waals surface area contributed by atoms with Crippen LogP contribution in [-0.2, 0) is 0 Å². The van der Waals surface area contributed by atoms with Crippen LogP contribution < -0.4 is 4.74 Å². The number of rotatable bonds is 2. The van der Waals surface area contributed by atoms with E-state index in [-0.39, 0.29) is 6.04 Å². The molecule has 0 aliphatic carbocycles. The molecular formula is C26H17Br2ClN2O. The van der Waals surface area contributed by atoms with Crippen LogP contribution in [0.2, 0.25) is 5.02 Å². The Morgan fingerprint density at radius 1 is 0.875 bits per heavy atom. The van der Waals surface area contributed by atoms with Gasteiger partial charge in [-0.1, -0.05) is 82.1 Å². The fourth-order valence-electron chi connectivity index (χ4n) is 4.54. The lowest BCUT2D eigenvalue weighted by molar-refractivity contribution is -0.0196. The second kappa shape index (κ2) is 7.91. The Bertz CT molecular complexity index is 1400. The smallest absolute Gasteiger partial charge is 0.215 e. The molecule has 0 fully saturated rings. The van der Waals surface area contributed by atoms with Crippen LogP contribution in [-0.4, -0.2) is 10.7 Å². The standard InChI is InChI=1S/C26H17Br2ClN2O/c27-18-12-20-24-14-23(17-10-9-15-5-1-2-6-16(15)11-17)30-31(24)26(32-25(20)21(28)13-18)19-7-3-4-8-22(19)29/h1-13,24,26H,14H2/t24-,26-/m0/s1. The lowest BCUT2D eigenvalue weighted by Gasteiger charge is -2.39. The van der Waals surface area contributed by atoms with Gasteiger partial charge in [0.2, 0.25) is 6.23 Å². The van der Waals surface area contributed by atoms with Crippen molar-refractivity contribution in [3.05, 3.63) is 110 Å². The highest BCUT2D eigenvalue weighted by atomic mass is 79.9. The molecule has 3 nitrogen and oxygen atoms in total. The zero-order valence-electron chi connectivity index (χ0n) is 16.8. The summed E-state index contributed by atoms with van der Waals surface area (Å²) in [5, 5.41) is 10.2. The summed E-state index contributed by atoms with van der Waals surface area (Å²) >= 11 is 13.9. The Labute approximate surface area is 207 Å². The number of ether oxygens (including phenoxy) is 1. The van der Waals surface area contributed by atoms with Crippen LogP contribution in [0.1, 0.15) is 35.4 Å². The Hall–Kier alpha value is -2.34. The van der Waals surface area contributed by atoms with E-state index in [1.165, 1.54) is 10.8 Å². The SMILES string of the molecule is Clc1ccccc1[C@@H]1Oc2c(Br)cc(Br)cc2[C@@H]2CC(c3ccc4ccccc4c3)=NN21. The van der Waals surface area contributed by atoms with Crippen LogP contribution in [0.25, 0.3) is 10.8 Å². The van der Waals surface area contributed by atoms with Gasteiger partial charge in [0.25, 0.3) is 0 Å². The molecule has 0 radical (unpaired) electrons. The molecule has 2 aliphatic rings. The van der Waals surface area contributed by atoms with E-state index in [1.807, 2.05) is 30.3 Å². The van der Waals surface area contributed by atoms with Crippen molar-refractivity contribution in [1.29, 1.82) is 0 Å². The third-order valence-corrected chi connectivity index (χ3v) is 7.45. The Kier molecular flexibility index (Phi) is 5.01. The maximum atomic E-state index is 6.58. The highest BCUT2D eigenvalue weighted by Crippen LogP contribution is 2.51. The number of hydrazone groups is 1. The molecule has 32 heavy (non-hydrogen) atoms. The zero-order valence-corrected chi connectivity index (χ0v) is 20.7. The van der Waals surface area contributed by atoms with Crippen LogP contribution >= 0.6 is 43.5 Å². The number of halogens is 3. The minimum atomic E-state index is -0.406. The number of hydrogen-bond acceptors (Lipinski definition) is 3. The van der Waals surface area contributed by atoms with Gasteiger partial charge in [-0.05, 0) is 56.5 Å². The van der Waals surface area contributed by atoms with Crippen molar-refractivity contribution in [3.8, 4) is 5.75 Å². The summed E-state index contributed by atoms with van der Waals surface area (Å²) in [4.78, 5) is 0. The van der Waals surface area contributed by atoms with Crippen molar-refractivity contribution >= 4 is 59.9 Å². The molecule has 158 valence electrons. The molecule has 4 aromatic rings. The first-order valence-electron chi connectivity index (χ1n) is 10.3. The lowest BCUT2D eigenvalue weighted by atomic mass is 9.95. The number of benzene rings is 4. The average molecular weight is 569 g/mol. The molecule has 0 amide bonds. The lowest BCUT2D eigenvalue weighted by Crippen LogP contribution is -2.34. The summed E-state index contributed by atoms with van der Waals surface area (Å²) in [5.74, 6) is 0.842. The number of nitrogens with zero attached hydrogens (tertiary/aromatic N) is 2. The van der Waals surface area contributed by atoms with E-state index in [0.717, 1.165) is 43.5 Å². The van der Waals surface area contributed by atoms with Crippen molar-refractivity contribution in [1.82, 2.24) is 5.01 Å². The van der Waals surface area contributed by atoms with Crippen molar-refractivity contribution < 1.29 is 4.74 Å². The minimum absolute atomic E-state index is 0.0512. The first kappa shape index (κ1) is 20.3. The Balaban J connectivity index is 1.49. The zero-order chi connectivity index (χ0) is 21.8. The summed E-state index contributed by atoms with van der Waals surface area (Å²) in [6.07, 6.45) is 0.384. The molecule has 0 bridgehead atoms. The first-order chi connectivity index (χ1) is 15.6. The van der Waals surface area contributed by atoms with Crippen LogP contribution in [0.3, 0.4) is 0 Å². The third kappa shape index (κ3) is 3.35. The van der Waals surface area contributed by atoms with E-state index in [2.05, 4.69) is 85.4 Å². The first-order valence-corrected chi connectivity index (χ1v) is 12.3. The summed E-state index contributed by atoms with van der Waals surface area (Å²) in [5.41, 5.74) is 4.19. The second-order valence-corrected chi connectivity index (χ2v) is 10.2. The van der Waals surface area contributed by atoms with Crippen molar-refractivity contribution in [2.24, 2.45) is 5.10 Å². The summed E-state index contributed by atoms with van der Waals surface area (Å²) in [6, 6.07) is 26.9. The van der Waals surface area contributed by atoms with E-state index < -0.39 is 6.23 Å². The molecule has 2 heterocycles. The molecule has 0 spiro atoms. The Morgan fingerprint density at radius 2 is 1.66 bits per heavy atom. The normalized spacial score (nSPS) is 19.3. The molecule has 0 unspecified atom stereocenters. The van der Waals surface area contributed by atoms with Crippen LogP contribution in [0.15, 0.2) is 92.9 Å². The minimum Gasteiger partial charge on any atom is -0.463 e. The highest BCUT2D eigenvalue weighted by molar-refractivity contribution is 9.11. The van der Waals surface area contributed by atoms with Crippen molar-refractivity contribution in [2.75, 3.05) is 0 Å². The predicted octanol–water partition coefficient (Wildman–Crippen LogP) is 8.26. The van der Waals surface area contributed by atoms with Gasteiger partial charge in [0.05, 0.1) is 16.2 Å². The molecule has 0 N–H and O–H groups in total. The molecule has 4 aromatic carbocycles. The summed E-state index contributed by atoms with van der Waals surface area (Å²) < 4.78 is 8.44. The molecule has 0 saturated carbocycles. The van der Waals surface area contributed by atoms with Crippen LogP contribution in [0.4, 0.5) is 0 Å². The van der Waals surface area contributed by atoms with Gasteiger partial charge in [-0.3, -0.25) is 0 Å². The van der Waals surface area contributed by atoms with Crippen LogP contribution in [0, 0.1) is 0 Å².